The van der Waals surface area contributed by atoms with E-state index >= 15 is 4.39 Å². The summed E-state index contributed by atoms with van der Waals surface area (Å²) in [7, 11) is -3.61. The molecule has 0 aliphatic carbocycles. The number of halogens is 4. The van der Waals surface area contributed by atoms with Crippen molar-refractivity contribution in [3.63, 3.8) is 0 Å². The van der Waals surface area contributed by atoms with E-state index in [2.05, 4.69) is 10.3 Å². The lowest BCUT2D eigenvalue weighted by atomic mass is 9.89. The van der Waals surface area contributed by atoms with Crippen LogP contribution in [-0.2, 0) is 31.9 Å². The first-order valence-corrected chi connectivity index (χ1v) is 18.6. The quantitative estimate of drug-likeness (QED) is 0.244. The van der Waals surface area contributed by atoms with E-state index in [-0.39, 0.29) is 55.4 Å². The van der Waals surface area contributed by atoms with Crippen LogP contribution in [0.4, 0.5) is 23.7 Å². The van der Waals surface area contributed by atoms with Crippen molar-refractivity contribution in [2.75, 3.05) is 24.2 Å². The number of amides is 2. The highest BCUT2D eigenvalue weighted by molar-refractivity contribution is 7.89. The topological polar surface area (TPSA) is 109 Å². The molecule has 270 valence electrons. The van der Waals surface area contributed by atoms with E-state index in [0.29, 0.717) is 29.0 Å². The normalized spacial score (nSPS) is 21.2. The van der Waals surface area contributed by atoms with Crippen molar-refractivity contribution in [3.8, 4) is 0 Å². The molecule has 5 rings (SSSR count). The molecule has 2 amide bonds. The number of pyridine rings is 1. The first-order valence-electron chi connectivity index (χ1n) is 16.6. The zero-order chi connectivity index (χ0) is 36.4. The number of hydrogen-bond acceptors (Lipinski definition) is 6. The van der Waals surface area contributed by atoms with Gasteiger partial charge in [-0.05, 0) is 87.9 Å². The molecule has 4 unspecified atom stereocenters. The van der Waals surface area contributed by atoms with Gasteiger partial charge in [0.2, 0.25) is 15.9 Å². The lowest BCUT2D eigenvalue weighted by molar-refractivity contribution is -0.116. The van der Waals surface area contributed by atoms with Gasteiger partial charge in [-0.3, -0.25) is 9.78 Å². The first-order chi connectivity index (χ1) is 23.4. The van der Waals surface area contributed by atoms with Gasteiger partial charge < -0.3 is 15.0 Å². The zero-order valence-corrected chi connectivity index (χ0v) is 30.0. The number of nitrogens with one attached hydrogen (secondary N) is 1. The number of carbonyl (C=O) groups excluding carboxylic acids is 2. The number of alkyl halides is 2. The van der Waals surface area contributed by atoms with Gasteiger partial charge in [0, 0.05) is 66.9 Å². The van der Waals surface area contributed by atoms with Gasteiger partial charge >= 0.3 is 6.09 Å². The third-order valence-corrected chi connectivity index (χ3v) is 11.2. The van der Waals surface area contributed by atoms with Crippen LogP contribution in [0.2, 0.25) is 5.02 Å². The number of rotatable bonds is 9. The minimum atomic E-state index is -3.61. The Morgan fingerprint density at radius 3 is 2.38 bits per heavy atom. The fourth-order valence-corrected chi connectivity index (χ4v) is 8.45. The molecule has 4 atom stereocenters. The van der Waals surface area contributed by atoms with Crippen LogP contribution in [0.5, 0.6) is 0 Å². The van der Waals surface area contributed by atoms with Gasteiger partial charge in [-0.15, -0.1) is 0 Å². The molecule has 1 aromatic heterocycles. The molecule has 2 aliphatic rings. The van der Waals surface area contributed by atoms with E-state index in [1.165, 1.54) is 34.8 Å². The molecule has 3 aromatic rings. The molecule has 2 fully saturated rings. The van der Waals surface area contributed by atoms with Crippen molar-refractivity contribution < 1.29 is 35.9 Å². The molecule has 1 N–H and O–H groups in total. The fourth-order valence-electron chi connectivity index (χ4n) is 6.53. The standard InChI is InChI=1S/C36H42ClF3N4O5S/c1-35(2,3)49-34(46)43-21-27(44-22-26(43)7-6-18-50(44,47)48)15-16-28-30(38)8-5-9-31(28)42-33(45)19-29(23-10-13-25(37)14-11-23)24-12-17-32(41-20-24)36(4,39)40/h5,8-14,17,20,26-27,29H,6-7,15-16,18-19,21-22H2,1-4H3,(H,42,45). The predicted molar refractivity (Wildman–Crippen MR) is 185 cm³/mol. The first kappa shape index (κ1) is 37.6. The largest absolute Gasteiger partial charge is 0.444 e. The van der Waals surface area contributed by atoms with E-state index in [4.69, 9.17) is 16.3 Å². The fraction of sp³-hybridized carbons (Fsp3) is 0.472. The summed E-state index contributed by atoms with van der Waals surface area (Å²) in [5.41, 5.74) is 0.501. The second-order valence-corrected chi connectivity index (χ2v) is 16.5. The average Bonchev–Trinajstić information content (AvgIpc) is 3.15. The van der Waals surface area contributed by atoms with E-state index in [0.717, 1.165) is 6.92 Å². The van der Waals surface area contributed by atoms with Crippen LogP contribution >= 0.6 is 11.6 Å². The highest BCUT2D eigenvalue weighted by atomic mass is 35.5. The summed E-state index contributed by atoms with van der Waals surface area (Å²) in [6, 6.07) is 12.9. The van der Waals surface area contributed by atoms with E-state index in [1.807, 2.05) is 0 Å². The Labute approximate surface area is 296 Å². The molecule has 3 heterocycles. The van der Waals surface area contributed by atoms with Crippen LogP contribution in [0.3, 0.4) is 0 Å². The summed E-state index contributed by atoms with van der Waals surface area (Å²) in [4.78, 5) is 32.3. The minimum absolute atomic E-state index is 0.0446. The monoisotopic (exact) mass is 734 g/mol. The molecule has 2 aliphatic heterocycles. The maximum atomic E-state index is 15.4. The highest BCUT2D eigenvalue weighted by Gasteiger charge is 2.44. The van der Waals surface area contributed by atoms with Gasteiger partial charge in [-0.2, -0.15) is 13.1 Å². The number of benzene rings is 2. The van der Waals surface area contributed by atoms with Crippen molar-refractivity contribution in [1.82, 2.24) is 14.2 Å². The Hall–Kier alpha value is -3.68. The van der Waals surface area contributed by atoms with E-state index < -0.39 is 57.0 Å². The van der Waals surface area contributed by atoms with Crippen molar-refractivity contribution in [2.45, 2.75) is 89.3 Å². The molecule has 9 nitrogen and oxygen atoms in total. The average molecular weight is 735 g/mol. The van der Waals surface area contributed by atoms with Crippen molar-refractivity contribution in [1.29, 1.82) is 0 Å². The van der Waals surface area contributed by atoms with Crippen molar-refractivity contribution in [3.05, 3.63) is 94.0 Å². The second-order valence-electron chi connectivity index (χ2n) is 14.0. The molecule has 0 spiro atoms. The predicted octanol–water partition coefficient (Wildman–Crippen LogP) is 7.49. The van der Waals surface area contributed by atoms with Gasteiger partial charge in [-0.25, -0.2) is 17.6 Å². The summed E-state index contributed by atoms with van der Waals surface area (Å²) in [5, 5.41) is 3.30. The van der Waals surface area contributed by atoms with Gasteiger partial charge in [-0.1, -0.05) is 35.9 Å². The van der Waals surface area contributed by atoms with E-state index in [1.54, 1.807) is 56.0 Å². The third kappa shape index (κ3) is 9.15. The smallest absolute Gasteiger partial charge is 0.410 e. The molecular weight excluding hydrogens is 693 g/mol. The van der Waals surface area contributed by atoms with Crippen LogP contribution in [-0.4, -0.2) is 71.1 Å². The maximum Gasteiger partial charge on any atom is 0.410 e. The van der Waals surface area contributed by atoms with Crippen LogP contribution in [0.1, 0.15) is 81.7 Å². The molecule has 0 radical (unpaired) electrons. The van der Waals surface area contributed by atoms with Crippen LogP contribution in [0.25, 0.3) is 0 Å². The Balaban J connectivity index is 1.36. The SMILES string of the molecule is CC(C)(C)OC(=O)N1CC(CCc2c(F)cccc2NC(=O)CC(c2ccc(Cl)cc2)c2ccc(C(C)(F)F)nc2)N2CC1CCCS2(=O)=O. The second kappa shape index (κ2) is 14.9. The number of sulfonamides is 1. The van der Waals surface area contributed by atoms with Crippen molar-refractivity contribution in [2.24, 2.45) is 0 Å². The number of fused-ring (bicyclic) bond motifs is 2. The molecule has 0 saturated carbocycles. The molecule has 14 heteroatoms. The van der Waals surface area contributed by atoms with Gasteiger partial charge in [0.25, 0.3) is 5.92 Å². The van der Waals surface area contributed by atoms with Crippen LogP contribution < -0.4 is 5.32 Å². The summed E-state index contributed by atoms with van der Waals surface area (Å²) in [6.45, 7) is 6.27. The zero-order valence-electron chi connectivity index (χ0n) is 28.5. The Kier molecular flexibility index (Phi) is 11.2. The number of hydrogen-bond donors (Lipinski definition) is 1. The molecule has 2 aromatic carbocycles. The Morgan fingerprint density at radius 2 is 1.74 bits per heavy atom. The van der Waals surface area contributed by atoms with Crippen molar-refractivity contribution >= 4 is 39.3 Å². The number of anilines is 1. The number of aromatic nitrogens is 1. The lowest BCUT2D eigenvalue weighted by Crippen LogP contribution is -2.60. The highest BCUT2D eigenvalue weighted by Crippen LogP contribution is 2.34. The van der Waals surface area contributed by atoms with Gasteiger partial charge in [0.15, 0.2) is 0 Å². The van der Waals surface area contributed by atoms with Crippen LogP contribution in [0, 0.1) is 5.82 Å². The summed E-state index contributed by atoms with van der Waals surface area (Å²) < 4.78 is 76.7. The summed E-state index contributed by atoms with van der Waals surface area (Å²) in [5.74, 6) is -4.80. The number of piperazine rings is 1. The van der Waals surface area contributed by atoms with Gasteiger partial charge in [0.1, 0.15) is 17.1 Å². The maximum absolute atomic E-state index is 15.4. The molecular formula is C36H42ClF3N4O5S. The Morgan fingerprint density at radius 1 is 1.04 bits per heavy atom. The van der Waals surface area contributed by atoms with Gasteiger partial charge in [0.05, 0.1) is 5.75 Å². The minimum Gasteiger partial charge on any atom is -0.444 e. The number of nitrogens with zero attached hydrogens (tertiary/aromatic N) is 3. The number of ether oxygens (including phenoxy) is 1. The summed E-state index contributed by atoms with van der Waals surface area (Å²) >= 11 is 6.09. The van der Waals surface area contributed by atoms with E-state index in [9.17, 15) is 26.8 Å². The summed E-state index contributed by atoms with van der Waals surface area (Å²) in [6.07, 6.45) is 1.86. The third-order valence-electron chi connectivity index (χ3n) is 8.99. The molecule has 50 heavy (non-hydrogen) atoms. The molecule has 2 saturated heterocycles. The lowest BCUT2D eigenvalue weighted by Gasteiger charge is -2.44. The molecule has 2 bridgehead atoms. The van der Waals surface area contributed by atoms with Crippen LogP contribution in [0.15, 0.2) is 60.8 Å². The Bertz CT molecular complexity index is 1800. The number of carbonyl (C=O) groups is 2.